The molecule has 2 heterocycles. The van der Waals surface area contributed by atoms with Gasteiger partial charge in [-0.2, -0.15) is 13.2 Å². The van der Waals surface area contributed by atoms with Crippen LogP contribution in [0.2, 0.25) is 0 Å². The molecular weight excluding hydrogens is 433 g/mol. The highest BCUT2D eigenvalue weighted by Gasteiger charge is 2.30. The molecule has 2 aromatic heterocycles. The second kappa shape index (κ2) is 8.85. The molecule has 0 aliphatic rings. The lowest BCUT2D eigenvalue weighted by molar-refractivity contribution is -0.137. The number of fused-ring (bicyclic) bond motifs is 1. The molecule has 0 atom stereocenters. The third-order valence-corrected chi connectivity index (χ3v) is 5.15. The number of pyridine rings is 1. The van der Waals surface area contributed by atoms with Crippen LogP contribution in [0.4, 0.5) is 13.2 Å². The molecule has 0 spiro atoms. The Hall–Kier alpha value is -4.01. The summed E-state index contributed by atoms with van der Waals surface area (Å²) in [6.45, 7) is 2.22. The van der Waals surface area contributed by atoms with Crippen molar-refractivity contribution >= 4 is 17.1 Å². The van der Waals surface area contributed by atoms with Crippen LogP contribution in [0.15, 0.2) is 71.7 Å². The van der Waals surface area contributed by atoms with Crippen LogP contribution in [0.1, 0.15) is 28.4 Å². The minimum Gasteiger partial charge on any atom is -0.348 e. The molecule has 0 saturated heterocycles. The molecule has 0 bridgehead atoms. The van der Waals surface area contributed by atoms with Gasteiger partial charge in [0.1, 0.15) is 11.2 Å². The zero-order valence-electron chi connectivity index (χ0n) is 17.6. The van der Waals surface area contributed by atoms with E-state index in [1.807, 2.05) is 6.92 Å². The number of carbonyl (C=O) groups excluding carboxylic acids is 1. The highest BCUT2D eigenvalue weighted by Crippen LogP contribution is 2.29. The van der Waals surface area contributed by atoms with E-state index >= 15 is 0 Å². The van der Waals surface area contributed by atoms with E-state index in [0.717, 1.165) is 12.1 Å². The average molecular weight is 452 g/mol. The monoisotopic (exact) mass is 452 g/mol. The van der Waals surface area contributed by atoms with Gasteiger partial charge in [0.05, 0.1) is 5.56 Å². The van der Waals surface area contributed by atoms with Gasteiger partial charge < -0.3 is 5.32 Å². The highest BCUT2D eigenvalue weighted by molar-refractivity contribution is 5.94. The van der Waals surface area contributed by atoms with Crippen LogP contribution in [0.5, 0.6) is 0 Å². The number of halogens is 3. The van der Waals surface area contributed by atoms with E-state index in [1.165, 1.54) is 16.7 Å². The molecule has 6 nitrogen and oxygen atoms in total. The lowest BCUT2D eigenvalue weighted by Crippen LogP contribution is -2.24. The summed E-state index contributed by atoms with van der Waals surface area (Å²) >= 11 is 0. The Morgan fingerprint density at radius 2 is 1.82 bits per heavy atom. The van der Waals surface area contributed by atoms with Crippen LogP contribution < -0.4 is 10.9 Å². The summed E-state index contributed by atoms with van der Waals surface area (Å²) in [5, 5.41) is 2.61. The fraction of sp³-hybridized carbons (Fsp3) is 0.167. The number of aryl methyl sites for hydroxylation is 1. The molecule has 4 aromatic rings. The average Bonchev–Trinajstić information content (AvgIpc) is 2.82. The fourth-order valence-corrected chi connectivity index (χ4v) is 3.48. The molecule has 0 aliphatic carbocycles. The number of hydrogen-bond donors (Lipinski definition) is 1. The number of benzene rings is 2. The first-order valence-corrected chi connectivity index (χ1v) is 10.2. The van der Waals surface area contributed by atoms with E-state index in [0.29, 0.717) is 34.4 Å². The Labute approximate surface area is 186 Å². The Morgan fingerprint density at radius 1 is 1.06 bits per heavy atom. The number of hydrogen-bond acceptors (Lipinski definition) is 4. The van der Waals surface area contributed by atoms with Crippen molar-refractivity contribution in [3.05, 3.63) is 93.9 Å². The molecule has 0 unspecified atom stereocenters. The summed E-state index contributed by atoms with van der Waals surface area (Å²) in [6, 6.07) is 14.6. The second-order valence-corrected chi connectivity index (χ2v) is 7.31. The molecule has 33 heavy (non-hydrogen) atoms. The van der Waals surface area contributed by atoms with Crippen LogP contribution in [-0.2, 0) is 19.3 Å². The van der Waals surface area contributed by atoms with Crippen molar-refractivity contribution in [1.29, 1.82) is 0 Å². The van der Waals surface area contributed by atoms with Crippen molar-refractivity contribution in [2.45, 2.75) is 26.2 Å². The van der Waals surface area contributed by atoms with Gasteiger partial charge in [-0.25, -0.2) is 9.97 Å². The van der Waals surface area contributed by atoms with Gasteiger partial charge in [-0.05, 0) is 48.9 Å². The van der Waals surface area contributed by atoms with Crippen molar-refractivity contribution in [1.82, 2.24) is 19.9 Å². The molecule has 0 fully saturated rings. The van der Waals surface area contributed by atoms with E-state index in [1.54, 1.807) is 42.6 Å². The number of nitrogens with zero attached hydrogens (tertiary/aromatic N) is 3. The van der Waals surface area contributed by atoms with Gasteiger partial charge in [0, 0.05) is 30.4 Å². The summed E-state index contributed by atoms with van der Waals surface area (Å²) in [4.78, 5) is 34.0. The van der Waals surface area contributed by atoms with Gasteiger partial charge in [-0.1, -0.05) is 24.3 Å². The lowest BCUT2D eigenvalue weighted by Gasteiger charge is -2.11. The summed E-state index contributed by atoms with van der Waals surface area (Å²) < 4.78 is 40.1. The third-order valence-electron chi connectivity index (χ3n) is 5.15. The standard InChI is InChI=1S/C24H19F3N4O2/c1-2-31-21-19(7-4-12-28-21)30-20(23(31)33)16-8-10-17(11-9-16)22(32)29-14-15-5-3-6-18(13-15)24(25,26)27/h3-13H,2,14H2,1H3,(H,29,32). The van der Waals surface area contributed by atoms with Crippen LogP contribution in [0.25, 0.3) is 22.4 Å². The smallest absolute Gasteiger partial charge is 0.348 e. The maximum atomic E-state index is 12.9. The van der Waals surface area contributed by atoms with E-state index < -0.39 is 17.6 Å². The molecule has 2 aromatic carbocycles. The number of rotatable bonds is 5. The SMILES string of the molecule is CCn1c(=O)c(-c2ccc(C(=O)NCc3cccc(C(F)(F)F)c3)cc2)nc2cccnc21. The van der Waals surface area contributed by atoms with Crippen molar-refractivity contribution < 1.29 is 18.0 Å². The van der Waals surface area contributed by atoms with Crippen molar-refractivity contribution in [2.75, 3.05) is 0 Å². The number of nitrogens with one attached hydrogen (secondary N) is 1. The number of carbonyl (C=O) groups is 1. The summed E-state index contributed by atoms with van der Waals surface area (Å²) in [6.07, 6.45) is -2.85. The van der Waals surface area contributed by atoms with Crippen molar-refractivity contribution in [2.24, 2.45) is 0 Å². The molecule has 1 N–H and O–H groups in total. The van der Waals surface area contributed by atoms with Crippen LogP contribution >= 0.6 is 0 Å². The Morgan fingerprint density at radius 3 is 2.52 bits per heavy atom. The van der Waals surface area contributed by atoms with Crippen molar-refractivity contribution in [3.8, 4) is 11.3 Å². The zero-order chi connectivity index (χ0) is 23.6. The molecule has 9 heteroatoms. The van der Waals surface area contributed by atoms with Crippen LogP contribution in [-0.4, -0.2) is 20.4 Å². The van der Waals surface area contributed by atoms with E-state index in [2.05, 4.69) is 15.3 Å². The minimum absolute atomic E-state index is 0.0507. The highest BCUT2D eigenvalue weighted by atomic mass is 19.4. The van der Waals surface area contributed by atoms with Crippen molar-refractivity contribution in [3.63, 3.8) is 0 Å². The topological polar surface area (TPSA) is 76.9 Å². The normalized spacial score (nSPS) is 11.5. The molecule has 0 aliphatic heterocycles. The first-order valence-electron chi connectivity index (χ1n) is 10.2. The van der Waals surface area contributed by atoms with Crippen LogP contribution in [0, 0.1) is 0 Å². The number of amides is 1. The molecule has 0 radical (unpaired) electrons. The minimum atomic E-state index is -4.45. The predicted molar refractivity (Wildman–Crippen MR) is 118 cm³/mol. The Bertz CT molecular complexity index is 1380. The van der Waals surface area contributed by atoms with Gasteiger partial charge in [-0.3, -0.25) is 14.2 Å². The van der Waals surface area contributed by atoms with Gasteiger partial charge in [0.25, 0.3) is 11.5 Å². The third kappa shape index (κ3) is 4.62. The molecule has 4 rings (SSSR count). The van der Waals surface area contributed by atoms with E-state index in [-0.39, 0.29) is 17.8 Å². The summed E-state index contributed by atoms with van der Waals surface area (Å²) in [7, 11) is 0. The van der Waals surface area contributed by atoms with Gasteiger partial charge in [0.2, 0.25) is 0 Å². The first kappa shape index (κ1) is 22.2. The molecule has 0 saturated carbocycles. The van der Waals surface area contributed by atoms with E-state index in [9.17, 15) is 22.8 Å². The van der Waals surface area contributed by atoms with Gasteiger partial charge >= 0.3 is 6.18 Å². The van der Waals surface area contributed by atoms with Crippen LogP contribution in [0.3, 0.4) is 0 Å². The van der Waals surface area contributed by atoms with Gasteiger partial charge in [0.15, 0.2) is 5.65 Å². The number of aromatic nitrogens is 3. The maximum absolute atomic E-state index is 12.9. The Kier molecular flexibility index (Phi) is 5.95. The largest absolute Gasteiger partial charge is 0.416 e. The summed E-state index contributed by atoms with van der Waals surface area (Å²) in [5.74, 6) is -0.444. The molecular formula is C24H19F3N4O2. The number of alkyl halides is 3. The van der Waals surface area contributed by atoms with E-state index in [4.69, 9.17) is 0 Å². The predicted octanol–water partition coefficient (Wildman–Crippen LogP) is 4.43. The first-order chi connectivity index (χ1) is 15.8. The molecule has 1 amide bonds. The zero-order valence-corrected chi connectivity index (χ0v) is 17.6. The lowest BCUT2D eigenvalue weighted by atomic mass is 10.1. The van der Waals surface area contributed by atoms with Gasteiger partial charge in [-0.15, -0.1) is 0 Å². The second-order valence-electron chi connectivity index (χ2n) is 7.31. The molecule has 168 valence electrons. The fourth-order valence-electron chi connectivity index (χ4n) is 3.48. The Balaban J connectivity index is 1.54. The summed E-state index contributed by atoms with van der Waals surface area (Å²) in [5.41, 5.74) is 1.46. The maximum Gasteiger partial charge on any atom is 0.416 e. The quantitative estimate of drug-likeness (QED) is 0.486.